The van der Waals surface area contributed by atoms with Crippen molar-refractivity contribution in [3.05, 3.63) is 51.4 Å². The lowest BCUT2D eigenvalue weighted by Gasteiger charge is -2.11. The van der Waals surface area contributed by atoms with Crippen molar-refractivity contribution in [3.63, 3.8) is 0 Å². The zero-order chi connectivity index (χ0) is 11.4. The fraction of sp³-hybridized carbons (Fsp3) is 0.250. The van der Waals surface area contributed by atoms with Gasteiger partial charge >= 0.3 is 0 Å². The number of hydrogen-bond donors (Lipinski definition) is 1. The van der Waals surface area contributed by atoms with E-state index in [1.807, 2.05) is 30.5 Å². The maximum absolute atomic E-state index is 5.90. The van der Waals surface area contributed by atoms with Crippen LogP contribution in [0.1, 0.15) is 23.5 Å². The Morgan fingerprint density at radius 3 is 2.88 bits per heavy atom. The second kappa shape index (κ2) is 5.43. The lowest BCUT2D eigenvalue weighted by molar-refractivity contribution is 0.575. The van der Waals surface area contributed by atoms with Crippen LogP contribution in [0.25, 0.3) is 0 Å². The summed E-state index contributed by atoms with van der Waals surface area (Å²) in [5.41, 5.74) is 1.05. The fourth-order valence-corrected chi connectivity index (χ4v) is 2.51. The average Bonchev–Trinajstić information content (AvgIpc) is 2.74. The Kier molecular flexibility index (Phi) is 3.93. The molecule has 0 spiro atoms. The van der Waals surface area contributed by atoms with E-state index < -0.39 is 0 Å². The number of nitrogens with zero attached hydrogens (tertiary/aromatic N) is 1. The Morgan fingerprint density at radius 1 is 1.38 bits per heavy atom. The molecule has 0 saturated carbocycles. The highest BCUT2D eigenvalue weighted by molar-refractivity contribution is 7.16. The highest BCUT2D eigenvalue weighted by Crippen LogP contribution is 2.26. The molecule has 0 amide bonds. The first-order valence-electron chi connectivity index (χ1n) is 5.14. The van der Waals surface area contributed by atoms with E-state index in [9.17, 15) is 0 Å². The minimum Gasteiger partial charge on any atom is -0.304 e. The lowest BCUT2D eigenvalue weighted by Crippen LogP contribution is -2.17. The van der Waals surface area contributed by atoms with Crippen LogP contribution in [0.4, 0.5) is 0 Å². The minimum atomic E-state index is 0.305. The SMILES string of the molecule is CC(NCc1ccccn1)c1ccc(Cl)s1. The number of nitrogens with one attached hydrogen (secondary N) is 1. The molecule has 84 valence electrons. The first kappa shape index (κ1) is 11.6. The Bertz CT molecular complexity index is 441. The zero-order valence-electron chi connectivity index (χ0n) is 8.98. The summed E-state index contributed by atoms with van der Waals surface area (Å²) in [5.74, 6) is 0. The van der Waals surface area contributed by atoms with Crippen LogP contribution >= 0.6 is 22.9 Å². The molecule has 1 N–H and O–H groups in total. The van der Waals surface area contributed by atoms with Crippen LogP contribution in [-0.2, 0) is 6.54 Å². The van der Waals surface area contributed by atoms with Gasteiger partial charge in [-0.15, -0.1) is 11.3 Å². The van der Waals surface area contributed by atoms with Gasteiger partial charge in [0, 0.05) is 23.7 Å². The number of rotatable bonds is 4. The van der Waals surface area contributed by atoms with Gasteiger partial charge in [-0.25, -0.2) is 0 Å². The summed E-state index contributed by atoms with van der Waals surface area (Å²) in [6.45, 7) is 2.91. The molecule has 4 heteroatoms. The second-order valence-electron chi connectivity index (χ2n) is 3.57. The van der Waals surface area contributed by atoms with Crippen molar-refractivity contribution >= 4 is 22.9 Å². The smallest absolute Gasteiger partial charge is 0.0931 e. The van der Waals surface area contributed by atoms with Crippen molar-refractivity contribution in [3.8, 4) is 0 Å². The fourth-order valence-electron chi connectivity index (χ4n) is 1.42. The Hall–Kier alpha value is -0.900. The van der Waals surface area contributed by atoms with Crippen LogP contribution in [-0.4, -0.2) is 4.98 Å². The van der Waals surface area contributed by atoms with Crippen LogP contribution in [0.2, 0.25) is 4.34 Å². The van der Waals surface area contributed by atoms with Gasteiger partial charge in [0.15, 0.2) is 0 Å². The molecular formula is C12H13ClN2S. The first-order chi connectivity index (χ1) is 7.75. The molecule has 0 radical (unpaired) electrons. The van der Waals surface area contributed by atoms with Crippen molar-refractivity contribution in [2.45, 2.75) is 19.5 Å². The third kappa shape index (κ3) is 3.04. The van der Waals surface area contributed by atoms with Gasteiger partial charge in [0.2, 0.25) is 0 Å². The van der Waals surface area contributed by atoms with Crippen molar-refractivity contribution < 1.29 is 0 Å². The molecule has 0 fully saturated rings. The molecule has 2 heterocycles. The minimum absolute atomic E-state index is 0.305. The molecule has 0 saturated heterocycles. The van der Waals surface area contributed by atoms with Gasteiger partial charge in [-0.3, -0.25) is 4.98 Å². The Morgan fingerprint density at radius 2 is 2.25 bits per heavy atom. The molecule has 0 aromatic carbocycles. The summed E-state index contributed by atoms with van der Waals surface area (Å²) < 4.78 is 0.835. The number of aromatic nitrogens is 1. The molecule has 1 atom stereocenters. The van der Waals surface area contributed by atoms with Crippen molar-refractivity contribution in [1.29, 1.82) is 0 Å². The van der Waals surface area contributed by atoms with Gasteiger partial charge in [-0.2, -0.15) is 0 Å². The lowest BCUT2D eigenvalue weighted by atomic mass is 10.2. The largest absolute Gasteiger partial charge is 0.304 e. The topological polar surface area (TPSA) is 24.9 Å². The summed E-state index contributed by atoms with van der Waals surface area (Å²) in [6, 6.07) is 10.2. The van der Waals surface area contributed by atoms with Crippen LogP contribution in [0.5, 0.6) is 0 Å². The molecule has 0 aliphatic heterocycles. The first-order valence-corrected chi connectivity index (χ1v) is 6.33. The van der Waals surface area contributed by atoms with Crippen molar-refractivity contribution in [1.82, 2.24) is 10.3 Å². The van der Waals surface area contributed by atoms with E-state index in [2.05, 4.69) is 23.3 Å². The van der Waals surface area contributed by atoms with Gasteiger partial charge in [-0.1, -0.05) is 17.7 Å². The van der Waals surface area contributed by atoms with Gasteiger partial charge in [0.05, 0.1) is 10.0 Å². The highest BCUT2D eigenvalue weighted by atomic mass is 35.5. The number of thiophene rings is 1. The normalized spacial score (nSPS) is 12.6. The predicted octanol–water partition coefficient (Wildman–Crippen LogP) is 3.65. The summed E-state index contributed by atoms with van der Waals surface area (Å²) in [5, 5.41) is 3.42. The number of halogens is 1. The van der Waals surface area contributed by atoms with E-state index in [4.69, 9.17) is 11.6 Å². The maximum atomic E-state index is 5.90. The standard InChI is InChI=1S/C12H13ClN2S/c1-9(11-5-6-12(13)16-11)15-8-10-4-2-3-7-14-10/h2-7,9,15H,8H2,1H3. The molecule has 0 aliphatic carbocycles. The monoisotopic (exact) mass is 252 g/mol. The third-order valence-corrected chi connectivity index (χ3v) is 3.75. The molecule has 2 aromatic rings. The van der Waals surface area contributed by atoms with Crippen molar-refractivity contribution in [2.24, 2.45) is 0 Å². The quantitative estimate of drug-likeness (QED) is 0.899. The molecule has 16 heavy (non-hydrogen) atoms. The van der Waals surface area contributed by atoms with E-state index in [-0.39, 0.29) is 0 Å². The van der Waals surface area contributed by atoms with Gasteiger partial charge in [0.1, 0.15) is 0 Å². The number of pyridine rings is 1. The molecule has 2 aromatic heterocycles. The molecule has 1 unspecified atom stereocenters. The highest BCUT2D eigenvalue weighted by Gasteiger charge is 2.07. The summed E-state index contributed by atoms with van der Waals surface area (Å²) in [7, 11) is 0. The third-order valence-electron chi connectivity index (χ3n) is 2.34. The summed E-state index contributed by atoms with van der Waals surface area (Å²) in [6.07, 6.45) is 1.81. The van der Waals surface area contributed by atoms with Crippen LogP contribution in [0.3, 0.4) is 0 Å². The van der Waals surface area contributed by atoms with Crippen LogP contribution in [0.15, 0.2) is 36.5 Å². The van der Waals surface area contributed by atoms with E-state index in [1.54, 1.807) is 11.3 Å². The molecule has 2 rings (SSSR count). The van der Waals surface area contributed by atoms with Gasteiger partial charge in [0.25, 0.3) is 0 Å². The van der Waals surface area contributed by atoms with E-state index in [0.29, 0.717) is 6.04 Å². The van der Waals surface area contributed by atoms with E-state index in [1.165, 1.54) is 4.88 Å². The maximum Gasteiger partial charge on any atom is 0.0931 e. The molecule has 0 bridgehead atoms. The van der Waals surface area contributed by atoms with E-state index in [0.717, 1.165) is 16.6 Å². The predicted molar refractivity (Wildman–Crippen MR) is 68.8 cm³/mol. The zero-order valence-corrected chi connectivity index (χ0v) is 10.6. The summed E-state index contributed by atoms with van der Waals surface area (Å²) >= 11 is 7.51. The number of hydrogen-bond acceptors (Lipinski definition) is 3. The summed E-state index contributed by atoms with van der Waals surface area (Å²) in [4.78, 5) is 5.52. The Labute approximate surface area is 104 Å². The van der Waals surface area contributed by atoms with Gasteiger partial charge < -0.3 is 5.32 Å². The molecule has 2 nitrogen and oxygen atoms in total. The van der Waals surface area contributed by atoms with E-state index >= 15 is 0 Å². The van der Waals surface area contributed by atoms with Crippen LogP contribution in [0, 0.1) is 0 Å². The van der Waals surface area contributed by atoms with Crippen LogP contribution < -0.4 is 5.32 Å². The molecule has 0 aliphatic rings. The molecular weight excluding hydrogens is 240 g/mol. The average molecular weight is 253 g/mol. The van der Waals surface area contributed by atoms with Crippen molar-refractivity contribution in [2.75, 3.05) is 0 Å². The second-order valence-corrected chi connectivity index (χ2v) is 5.31. The van der Waals surface area contributed by atoms with Gasteiger partial charge in [-0.05, 0) is 31.2 Å². The Balaban J connectivity index is 1.91.